The first-order valence-corrected chi connectivity index (χ1v) is 10.2. The van der Waals surface area contributed by atoms with Crippen molar-refractivity contribution in [1.29, 1.82) is 0 Å². The topological polar surface area (TPSA) is 107 Å². The molecule has 0 aliphatic carbocycles. The third kappa shape index (κ3) is 6.10. The van der Waals surface area contributed by atoms with Crippen molar-refractivity contribution in [2.24, 2.45) is 11.7 Å². The summed E-state index contributed by atoms with van der Waals surface area (Å²) in [6, 6.07) is 13.5. The van der Waals surface area contributed by atoms with Gasteiger partial charge in [-0.25, -0.2) is 14.4 Å². The van der Waals surface area contributed by atoms with Gasteiger partial charge in [0.25, 0.3) is 0 Å². The fourth-order valence-electron chi connectivity index (χ4n) is 3.04. The third-order valence-electron chi connectivity index (χ3n) is 4.62. The molecule has 2 aromatic carbocycles. The number of rotatable bonds is 9. The summed E-state index contributed by atoms with van der Waals surface area (Å²) >= 11 is 0. The average Bonchev–Trinajstić information content (AvgIpc) is 2.75. The van der Waals surface area contributed by atoms with Gasteiger partial charge in [0, 0.05) is 18.6 Å². The Balaban J connectivity index is 1.86. The number of nitrogens with one attached hydrogen (secondary N) is 1. The van der Waals surface area contributed by atoms with E-state index in [1.165, 1.54) is 37.3 Å². The third-order valence-corrected chi connectivity index (χ3v) is 4.62. The Labute approximate surface area is 185 Å². The molecule has 0 unspecified atom stereocenters. The van der Waals surface area contributed by atoms with Crippen molar-refractivity contribution >= 4 is 17.5 Å². The molecule has 0 aliphatic rings. The van der Waals surface area contributed by atoms with E-state index in [1.807, 2.05) is 13.8 Å². The second-order valence-corrected chi connectivity index (χ2v) is 7.83. The van der Waals surface area contributed by atoms with E-state index in [1.54, 1.807) is 24.3 Å². The number of aromatic nitrogens is 2. The van der Waals surface area contributed by atoms with Gasteiger partial charge in [0.2, 0.25) is 5.91 Å². The molecule has 3 N–H and O–H groups in total. The van der Waals surface area contributed by atoms with E-state index in [9.17, 15) is 14.0 Å². The molecule has 1 aromatic heterocycles. The van der Waals surface area contributed by atoms with Crippen molar-refractivity contribution in [2.75, 3.05) is 5.32 Å². The van der Waals surface area contributed by atoms with Crippen LogP contribution in [0.25, 0.3) is 11.4 Å². The summed E-state index contributed by atoms with van der Waals surface area (Å²) in [6.45, 7) is 5.38. The maximum absolute atomic E-state index is 13.0. The van der Waals surface area contributed by atoms with Crippen LogP contribution in [0.5, 0.6) is 11.5 Å². The Kier molecular flexibility index (Phi) is 7.14. The van der Waals surface area contributed by atoms with Gasteiger partial charge in [0.15, 0.2) is 11.6 Å². The summed E-state index contributed by atoms with van der Waals surface area (Å²) in [6.07, 6.45) is 0.527. The second-order valence-electron chi connectivity index (χ2n) is 7.83. The highest BCUT2D eigenvalue weighted by Crippen LogP contribution is 2.26. The zero-order valence-corrected chi connectivity index (χ0v) is 18.1. The number of ketones is 1. The van der Waals surface area contributed by atoms with Crippen LogP contribution in [0.15, 0.2) is 54.6 Å². The smallest absolute Gasteiger partial charge is 0.239 e. The molecule has 0 aliphatic heterocycles. The monoisotopic (exact) mass is 436 g/mol. The normalized spacial score (nSPS) is 11.8. The van der Waals surface area contributed by atoms with Crippen LogP contribution < -0.4 is 15.8 Å². The number of primary amides is 1. The van der Waals surface area contributed by atoms with E-state index >= 15 is 0 Å². The van der Waals surface area contributed by atoms with Crippen molar-refractivity contribution in [2.45, 2.75) is 33.2 Å². The van der Waals surface area contributed by atoms with Crippen molar-refractivity contribution < 1.29 is 18.7 Å². The van der Waals surface area contributed by atoms with Gasteiger partial charge in [-0.1, -0.05) is 13.8 Å². The van der Waals surface area contributed by atoms with Gasteiger partial charge in [-0.2, -0.15) is 0 Å². The molecule has 0 bridgehead atoms. The predicted octanol–water partition coefficient (Wildman–Crippen LogP) is 4.59. The molecule has 0 fully saturated rings. The summed E-state index contributed by atoms with van der Waals surface area (Å²) in [5, 5.41) is 3.03. The number of Topliss-reactive ketones (excluding diaryl/α,β-unsaturated/α-hetero) is 1. The molecule has 0 saturated carbocycles. The number of halogens is 1. The van der Waals surface area contributed by atoms with Crippen molar-refractivity contribution in [3.8, 4) is 22.9 Å². The van der Waals surface area contributed by atoms with Gasteiger partial charge in [0.1, 0.15) is 34.9 Å². The molecule has 1 heterocycles. The molecule has 0 saturated heterocycles. The van der Waals surface area contributed by atoms with Crippen molar-refractivity contribution in [3.05, 3.63) is 66.1 Å². The van der Waals surface area contributed by atoms with Gasteiger partial charge in [-0.3, -0.25) is 9.59 Å². The summed E-state index contributed by atoms with van der Waals surface area (Å²) in [4.78, 5) is 32.7. The van der Waals surface area contributed by atoms with Gasteiger partial charge in [-0.05, 0) is 60.9 Å². The highest BCUT2D eigenvalue weighted by Gasteiger charge is 2.19. The van der Waals surface area contributed by atoms with Crippen molar-refractivity contribution in [3.63, 3.8) is 0 Å². The molecule has 1 atom stereocenters. The number of carbonyl (C=O) groups excluding carboxylic acids is 2. The molecule has 7 nitrogen and oxygen atoms in total. The van der Waals surface area contributed by atoms with E-state index in [0.29, 0.717) is 35.1 Å². The zero-order chi connectivity index (χ0) is 23.3. The maximum atomic E-state index is 13.0. The second kappa shape index (κ2) is 10.00. The van der Waals surface area contributed by atoms with Crippen molar-refractivity contribution in [1.82, 2.24) is 9.97 Å². The van der Waals surface area contributed by atoms with Gasteiger partial charge in [-0.15, -0.1) is 0 Å². The first kappa shape index (κ1) is 22.9. The van der Waals surface area contributed by atoms with Gasteiger partial charge < -0.3 is 15.8 Å². The molecule has 166 valence electrons. The standard InChI is InChI=1S/C24H25FN4O3/c1-14(2)12-21(23(26)31)27-22-13-20(15(3)30)28-24(29-22)16-4-8-18(9-5-16)32-19-10-6-17(25)7-11-19/h4-11,13-14,21H,12H2,1-3H3,(H2,26,31)(H,27,28,29)/t21-/m0/s1. The first-order chi connectivity index (χ1) is 15.2. The fourth-order valence-corrected chi connectivity index (χ4v) is 3.04. The van der Waals surface area contributed by atoms with Crippen LogP contribution >= 0.6 is 0 Å². The summed E-state index contributed by atoms with van der Waals surface area (Å²) in [7, 11) is 0. The lowest BCUT2D eigenvalue weighted by atomic mass is 10.0. The Hall–Kier alpha value is -3.81. The fraction of sp³-hybridized carbons (Fsp3) is 0.250. The molecular weight excluding hydrogens is 411 g/mol. The van der Waals surface area contributed by atoms with Crippen LogP contribution in [0.1, 0.15) is 37.7 Å². The quantitative estimate of drug-likeness (QED) is 0.475. The molecule has 1 amide bonds. The number of carbonyl (C=O) groups is 2. The molecule has 0 radical (unpaired) electrons. The number of hydrogen-bond acceptors (Lipinski definition) is 6. The molecular formula is C24H25FN4O3. The highest BCUT2D eigenvalue weighted by atomic mass is 19.1. The first-order valence-electron chi connectivity index (χ1n) is 10.2. The van der Waals surface area contributed by atoms with Crippen LogP contribution in [0.2, 0.25) is 0 Å². The number of nitrogens with zero attached hydrogens (tertiary/aromatic N) is 2. The summed E-state index contributed by atoms with van der Waals surface area (Å²) in [5.74, 6) is 0.889. The van der Waals surface area contributed by atoms with E-state index < -0.39 is 11.9 Å². The van der Waals surface area contributed by atoms with Gasteiger partial charge >= 0.3 is 0 Å². The van der Waals surface area contributed by atoms with E-state index in [-0.39, 0.29) is 23.2 Å². The lowest BCUT2D eigenvalue weighted by Crippen LogP contribution is -2.36. The van der Waals surface area contributed by atoms with Crippen LogP contribution in [-0.2, 0) is 4.79 Å². The van der Waals surface area contributed by atoms with Crippen LogP contribution in [0.3, 0.4) is 0 Å². The largest absolute Gasteiger partial charge is 0.457 e. The minimum atomic E-state index is -0.621. The number of hydrogen-bond donors (Lipinski definition) is 2. The Morgan fingerprint density at radius 1 is 1.03 bits per heavy atom. The molecule has 32 heavy (non-hydrogen) atoms. The number of amides is 1. The minimum absolute atomic E-state index is 0.219. The molecule has 8 heteroatoms. The van der Waals surface area contributed by atoms with Crippen LogP contribution in [-0.4, -0.2) is 27.7 Å². The SMILES string of the molecule is CC(=O)c1cc(N[C@@H](CC(C)C)C(N)=O)nc(-c2ccc(Oc3ccc(F)cc3)cc2)n1. The number of anilines is 1. The van der Waals surface area contributed by atoms with E-state index in [2.05, 4.69) is 15.3 Å². The summed E-state index contributed by atoms with van der Waals surface area (Å²) in [5.41, 5.74) is 6.40. The Morgan fingerprint density at radius 3 is 2.16 bits per heavy atom. The Morgan fingerprint density at radius 2 is 1.62 bits per heavy atom. The summed E-state index contributed by atoms with van der Waals surface area (Å²) < 4.78 is 18.7. The number of benzene rings is 2. The average molecular weight is 436 g/mol. The Bertz CT molecular complexity index is 1100. The lowest BCUT2D eigenvalue weighted by Gasteiger charge is -2.18. The number of nitrogens with two attached hydrogens (primary N) is 1. The molecule has 3 aromatic rings. The highest BCUT2D eigenvalue weighted by molar-refractivity contribution is 5.93. The predicted molar refractivity (Wildman–Crippen MR) is 120 cm³/mol. The zero-order valence-electron chi connectivity index (χ0n) is 18.1. The molecule has 3 rings (SSSR count). The number of ether oxygens (including phenoxy) is 1. The lowest BCUT2D eigenvalue weighted by molar-refractivity contribution is -0.119. The maximum Gasteiger partial charge on any atom is 0.239 e. The van der Waals surface area contributed by atoms with Crippen LogP contribution in [0, 0.1) is 11.7 Å². The van der Waals surface area contributed by atoms with Crippen LogP contribution in [0.4, 0.5) is 10.2 Å². The van der Waals surface area contributed by atoms with E-state index in [4.69, 9.17) is 10.5 Å². The molecule has 0 spiro atoms. The van der Waals surface area contributed by atoms with E-state index in [0.717, 1.165) is 0 Å². The minimum Gasteiger partial charge on any atom is -0.457 e. The van der Waals surface area contributed by atoms with Gasteiger partial charge in [0.05, 0.1) is 0 Å².